The highest BCUT2D eigenvalue weighted by atomic mass is 16.7. The fraction of sp³-hybridized carbons (Fsp3) is 0.886. The van der Waals surface area contributed by atoms with Crippen LogP contribution in [0.4, 0.5) is 0 Å². The average molecular weight is 575 g/mol. The highest BCUT2D eigenvalue weighted by Gasteiger charge is 2.56. The van der Waals surface area contributed by atoms with Crippen LogP contribution in [0.3, 0.4) is 0 Å². The van der Waals surface area contributed by atoms with E-state index in [1.54, 1.807) is 0 Å². The lowest BCUT2D eigenvalue weighted by Crippen LogP contribution is -2.66. The molecule has 4 fully saturated rings. The Balaban J connectivity index is 1.20. The summed E-state index contributed by atoms with van der Waals surface area (Å²) >= 11 is 0. The molecule has 6 heteroatoms. The maximum Gasteiger partial charge on any atom is 0.171 e. The van der Waals surface area contributed by atoms with E-state index in [1.807, 2.05) is 0 Å². The fourth-order valence-electron chi connectivity index (χ4n) is 7.92. The Morgan fingerprint density at radius 2 is 0.756 bits per heavy atom. The molecule has 0 atom stereocenters. The molecule has 4 rings (SSSR count). The molecule has 4 aliphatic rings. The third kappa shape index (κ3) is 7.15. The first kappa shape index (κ1) is 33.1. The molecule has 0 N–H and O–H groups in total. The molecule has 0 aliphatic carbocycles. The number of piperidine rings is 2. The zero-order valence-corrected chi connectivity index (χ0v) is 28.6. The van der Waals surface area contributed by atoms with Crippen LogP contribution in [-0.4, -0.2) is 84.1 Å². The Morgan fingerprint density at radius 3 is 1.02 bits per heavy atom. The number of hydrogen-bond donors (Lipinski definition) is 0. The molecule has 0 aromatic heterocycles. The van der Waals surface area contributed by atoms with Crippen molar-refractivity contribution in [2.45, 2.75) is 148 Å². The van der Waals surface area contributed by atoms with Crippen LogP contribution in [0, 0.1) is 10.8 Å². The molecule has 236 valence electrons. The van der Waals surface area contributed by atoms with Crippen molar-refractivity contribution in [2.75, 3.05) is 40.5 Å². The zero-order chi connectivity index (χ0) is 30.6. The van der Waals surface area contributed by atoms with Crippen molar-refractivity contribution < 1.29 is 18.9 Å². The summed E-state index contributed by atoms with van der Waals surface area (Å²) in [6.45, 7) is 25.7. The predicted octanol–water partition coefficient (Wildman–Crippen LogP) is 7.33. The Hall–Kier alpha value is -0.760. The molecule has 0 bridgehead atoms. The van der Waals surface area contributed by atoms with Crippen LogP contribution in [0.5, 0.6) is 0 Å². The van der Waals surface area contributed by atoms with Crippen molar-refractivity contribution in [1.82, 2.24) is 9.80 Å². The summed E-state index contributed by atoms with van der Waals surface area (Å²) in [5.74, 6) is -0.945. The van der Waals surface area contributed by atoms with Crippen molar-refractivity contribution >= 4 is 0 Å². The van der Waals surface area contributed by atoms with Crippen LogP contribution in [-0.2, 0) is 18.9 Å². The Labute approximate surface area is 252 Å². The van der Waals surface area contributed by atoms with E-state index in [9.17, 15) is 0 Å². The Morgan fingerprint density at radius 1 is 0.488 bits per heavy atom. The van der Waals surface area contributed by atoms with Crippen LogP contribution in [0.25, 0.3) is 0 Å². The first-order chi connectivity index (χ1) is 18.7. The molecular formula is C35H62N2O4. The number of hydrogen-bond acceptors (Lipinski definition) is 6. The number of unbranched alkanes of at least 4 members (excludes halogenated alkanes) is 2. The quantitative estimate of drug-likeness (QED) is 0.244. The molecule has 4 aliphatic heterocycles. The maximum absolute atomic E-state index is 6.55. The van der Waals surface area contributed by atoms with Crippen molar-refractivity contribution in [3.05, 3.63) is 24.3 Å². The van der Waals surface area contributed by atoms with Gasteiger partial charge in [0.2, 0.25) is 0 Å². The summed E-state index contributed by atoms with van der Waals surface area (Å²) in [7, 11) is 4.45. The van der Waals surface area contributed by atoms with Crippen molar-refractivity contribution in [1.29, 1.82) is 0 Å². The molecule has 0 radical (unpaired) electrons. The molecule has 4 saturated heterocycles. The molecular weight excluding hydrogens is 512 g/mol. The second-order valence-electron chi connectivity index (χ2n) is 17.1. The third-order valence-electron chi connectivity index (χ3n) is 10.9. The highest BCUT2D eigenvalue weighted by molar-refractivity contribution is 5.08. The molecule has 0 aromatic rings. The van der Waals surface area contributed by atoms with Gasteiger partial charge < -0.3 is 18.9 Å². The maximum atomic E-state index is 6.55. The van der Waals surface area contributed by atoms with E-state index in [2.05, 4.69) is 117 Å². The van der Waals surface area contributed by atoms with Gasteiger partial charge in [0, 0.05) is 58.7 Å². The van der Waals surface area contributed by atoms with Gasteiger partial charge in [-0.3, -0.25) is 9.80 Å². The number of rotatable bonds is 6. The average Bonchev–Trinajstić information content (AvgIpc) is 2.84. The van der Waals surface area contributed by atoms with E-state index >= 15 is 0 Å². The molecule has 0 amide bonds. The predicted molar refractivity (Wildman–Crippen MR) is 168 cm³/mol. The van der Waals surface area contributed by atoms with Gasteiger partial charge in [0.05, 0.1) is 26.4 Å². The standard InChI is InChI=1S/C35H62N2O4/c1-28(2)20-34(21-29(3,4)36(28)11)38-24-32(9,25-39-34)18-16-14-13-15-17-19-33(10)26-40-35(41-27-33)22-30(5,6)37(12)31(7,8)23-35/h16-19H,13-15,20-27H2,1-12H3/b18-16+,19-17+. The zero-order valence-electron chi connectivity index (χ0n) is 28.6. The van der Waals surface area contributed by atoms with E-state index in [-0.39, 0.29) is 33.0 Å². The largest absolute Gasteiger partial charge is 0.349 e. The summed E-state index contributed by atoms with van der Waals surface area (Å²) in [6.07, 6.45) is 16.1. The minimum Gasteiger partial charge on any atom is -0.349 e. The first-order valence-corrected chi connectivity index (χ1v) is 16.1. The normalized spacial score (nSPS) is 31.7. The summed E-state index contributed by atoms with van der Waals surface area (Å²) in [4.78, 5) is 4.95. The Bertz CT molecular complexity index is 860. The van der Waals surface area contributed by atoms with Crippen LogP contribution in [0.15, 0.2) is 24.3 Å². The second kappa shape index (κ2) is 11.0. The van der Waals surface area contributed by atoms with Gasteiger partial charge in [-0.15, -0.1) is 0 Å². The minimum absolute atomic E-state index is 0.0357. The number of ether oxygens (including phenoxy) is 4. The van der Waals surface area contributed by atoms with Gasteiger partial charge in [0.1, 0.15) is 0 Å². The van der Waals surface area contributed by atoms with Gasteiger partial charge in [-0.05, 0) is 88.7 Å². The summed E-state index contributed by atoms with van der Waals surface area (Å²) in [6, 6.07) is 0. The monoisotopic (exact) mass is 574 g/mol. The number of allylic oxidation sites excluding steroid dienone is 2. The van der Waals surface area contributed by atoms with Gasteiger partial charge in [0.25, 0.3) is 0 Å². The molecule has 2 spiro atoms. The molecule has 6 nitrogen and oxygen atoms in total. The number of nitrogens with zero attached hydrogens (tertiary/aromatic N) is 2. The number of likely N-dealkylation sites (tertiary alicyclic amines) is 2. The smallest absolute Gasteiger partial charge is 0.171 e. The molecule has 4 heterocycles. The summed E-state index contributed by atoms with van der Waals surface area (Å²) in [5, 5.41) is 0. The van der Waals surface area contributed by atoms with Crippen LogP contribution >= 0.6 is 0 Å². The van der Waals surface area contributed by atoms with E-state index in [4.69, 9.17) is 18.9 Å². The van der Waals surface area contributed by atoms with Crippen LogP contribution in [0.2, 0.25) is 0 Å². The summed E-state index contributed by atoms with van der Waals surface area (Å²) in [5.41, 5.74) is -0.00421. The topological polar surface area (TPSA) is 43.4 Å². The van der Waals surface area contributed by atoms with Crippen molar-refractivity contribution in [3.63, 3.8) is 0 Å². The van der Waals surface area contributed by atoms with E-state index in [1.165, 1.54) is 0 Å². The van der Waals surface area contributed by atoms with Gasteiger partial charge in [-0.1, -0.05) is 38.2 Å². The molecule has 41 heavy (non-hydrogen) atoms. The first-order valence-electron chi connectivity index (χ1n) is 16.1. The Kier molecular flexibility index (Phi) is 8.89. The lowest BCUT2D eigenvalue weighted by Gasteiger charge is -2.59. The molecule has 0 aromatic carbocycles. The van der Waals surface area contributed by atoms with E-state index in [0.717, 1.165) is 44.9 Å². The lowest BCUT2D eigenvalue weighted by molar-refractivity contribution is -0.333. The van der Waals surface area contributed by atoms with Gasteiger partial charge in [-0.25, -0.2) is 0 Å². The van der Waals surface area contributed by atoms with Gasteiger partial charge in [-0.2, -0.15) is 0 Å². The van der Waals surface area contributed by atoms with E-state index in [0.29, 0.717) is 26.4 Å². The fourth-order valence-corrected chi connectivity index (χ4v) is 7.92. The van der Waals surface area contributed by atoms with Crippen molar-refractivity contribution in [2.24, 2.45) is 10.8 Å². The molecule has 0 unspecified atom stereocenters. The van der Waals surface area contributed by atoms with Crippen LogP contribution < -0.4 is 0 Å². The van der Waals surface area contributed by atoms with Crippen molar-refractivity contribution in [3.8, 4) is 0 Å². The summed E-state index contributed by atoms with van der Waals surface area (Å²) < 4.78 is 26.2. The van der Waals surface area contributed by atoms with Gasteiger partial charge >= 0.3 is 0 Å². The highest BCUT2D eigenvalue weighted by Crippen LogP contribution is 2.49. The van der Waals surface area contributed by atoms with Crippen LogP contribution in [0.1, 0.15) is 114 Å². The minimum atomic E-state index is -0.473. The molecule has 0 saturated carbocycles. The lowest BCUT2D eigenvalue weighted by atomic mass is 9.75. The van der Waals surface area contributed by atoms with Gasteiger partial charge in [0.15, 0.2) is 11.6 Å². The third-order valence-corrected chi connectivity index (χ3v) is 10.9. The van der Waals surface area contributed by atoms with E-state index < -0.39 is 11.6 Å². The second-order valence-corrected chi connectivity index (χ2v) is 17.1. The SMILES string of the molecule is CN1C(C)(C)CC2(CC1(C)C)OCC(C)(/C=C/CCC/C=C/C1(C)COC3(CC(C)(C)N(C)C(C)(C)C3)OC1)CO2.